The second kappa shape index (κ2) is 5.99. The van der Waals surface area contributed by atoms with Crippen molar-refractivity contribution in [3.63, 3.8) is 0 Å². The van der Waals surface area contributed by atoms with Crippen LogP contribution in [0.15, 0.2) is 24.3 Å². The van der Waals surface area contributed by atoms with E-state index in [9.17, 15) is 5.11 Å². The molecule has 2 rings (SSSR count). The minimum Gasteiger partial charge on any atom is -0.388 e. The van der Waals surface area contributed by atoms with Gasteiger partial charge in [-0.2, -0.15) is 0 Å². The molecule has 104 valence electrons. The van der Waals surface area contributed by atoms with Crippen molar-refractivity contribution >= 4 is 21.6 Å². The highest BCUT2D eigenvalue weighted by molar-refractivity contribution is 7.18. The third kappa shape index (κ3) is 4.27. The second-order valence-electron chi connectivity index (χ2n) is 5.77. The Hall–Kier alpha value is -0.970. The predicted molar refractivity (Wildman–Crippen MR) is 81.7 cm³/mol. The van der Waals surface area contributed by atoms with Crippen LogP contribution in [0.3, 0.4) is 0 Å². The van der Waals surface area contributed by atoms with Crippen molar-refractivity contribution in [2.24, 2.45) is 5.92 Å². The molecule has 1 aromatic heterocycles. The SMILES string of the molecule is CC(C)CNCC(C)(O)Cc1nc2ccccc2s1. The van der Waals surface area contributed by atoms with Crippen LogP contribution < -0.4 is 5.32 Å². The fraction of sp³-hybridized carbons (Fsp3) is 0.533. The molecule has 1 aromatic carbocycles. The molecule has 0 saturated heterocycles. The van der Waals surface area contributed by atoms with Gasteiger partial charge >= 0.3 is 0 Å². The summed E-state index contributed by atoms with van der Waals surface area (Å²) in [7, 11) is 0. The summed E-state index contributed by atoms with van der Waals surface area (Å²) < 4.78 is 1.18. The van der Waals surface area contributed by atoms with Gasteiger partial charge in [0.1, 0.15) is 0 Å². The lowest BCUT2D eigenvalue weighted by molar-refractivity contribution is 0.0596. The molecule has 0 aliphatic heterocycles. The molecule has 19 heavy (non-hydrogen) atoms. The minimum absolute atomic E-state index is 0.595. The van der Waals surface area contributed by atoms with Crippen LogP contribution in [0.5, 0.6) is 0 Å². The van der Waals surface area contributed by atoms with Crippen molar-refractivity contribution in [1.82, 2.24) is 10.3 Å². The van der Waals surface area contributed by atoms with E-state index in [-0.39, 0.29) is 0 Å². The van der Waals surface area contributed by atoms with Crippen LogP contribution in [0.2, 0.25) is 0 Å². The number of rotatable bonds is 6. The van der Waals surface area contributed by atoms with Crippen molar-refractivity contribution in [3.8, 4) is 0 Å². The molecule has 0 amide bonds. The summed E-state index contributed by atoms with van der Waals surface area (Å²) in [6.45, 7) is 7.72. The van der Waals surface area contributed by atoms with Crippen molar-refractivity contribution in [2.45, 2.75) is 32.8 Å². The van der Waals surface area contributed by atoms with Crippen molar-refractivity contribution in [3.05, 3.63) is 29.3 Å². The van der Waals surface area contributed by atoms with Gasteiger partial charge in [0.05, 0.1) is 20.8 Å². The van der Waals surface area contributed by atoms with E-state index >= 15 is 0 Å². The fourth-order valence-corrected chi connectivity index (χ4v) is 3.16. The maximum atomic E-state index is 10.4. The van der Waals surface area contributed by atoms with Crippen LogP contribution in [0, 0.1) is 5.92 Å². The summed E-state index contributed by atoms with van der Waals surface area (Å²) in [4.78, 5) is 4.57. The van der Waals surface area contributed by atoms with E-state index in [1.165, 1.54) is 4.70 Å². The molecule has 0 radical (unpaired) electrons. The number of nitrogens with zero attached hydrogens (tertiary/aromatic N) is 1. The highest BCUT2D eigenvalue weighted by Crippen LogP contribution is 2.24. The first-order chi connectivity index (χ1) is 8.96. The van der Waals surface area contributed by atoms with E-state index < -0.39 is 5.60 Å². The Morgan fingerprint density at radius 3 is 2.79 bits per heavy atom. The molecular formula is C15H22N2OS. The summed E-state index contributed by atoms with van der Waals surface area (Å²) in [5.41, 5.74) is 0.274. The molecule has 0 aliphatic carbocycles. The maximum absolute atomic E-state index is 10.4. The average molecular weight is 278 g/mol. The van der Waals surface area contributed by atoms with Gasteiger partial charge < -0.3 is 10.4 Å². The third-order valence-corrected chi connectivity index (χ3v) is 3.97. The number of hydrogen-bond donors (Lipinski definition) is 2. The number of hydrogen-bond acceptors (Lipinski definition) is 4. The smallest absolute Gasteiger partial charge is 0.0967 e. The maximum Gasteiger partial charge on any atom is 0.0967 e. The Bertz CT molecular complexity index is 501. The monoisotopic (exact) mass is 278 g/mol. The molecule has 0 saturated carbocycles. The topological polar surface area (TPSA) is 45.1 Å². The molecule has 1 atom stereocenters. The van der Waals surface area contributed by atoms with Gasteiger partial charge in [0.25, 0.3) is 0 Å². The standard InChI is InChI=1S/C15H22N2OS/c1-11(2)9-16-10-15(3,18)8-14-17-12-6-4-5-7-13(12)19-14/h4-7,11,16,18H,8-10H2,1-3H3. The zero-order valence-electron chi connectivity index (χ0n) is 11.8. The van der Waals surface area contributed by atoms with Crippen LogP contribution in [-0.4, -0.2) is 28.8 Å². The Labute approximate surface area is 118 Å². The second-order valence-corrected chi connectivity index (χ2v) is 6.89. The quantitative estimate of drug-likeness (QED) is 0.854. The molecule has 0 aliphatic rings. The first kappa shape index (κ1) is 14.4. The average Bonchev–Trinajstić information content (AvgIpc) is 2.68. The van der Waals surface area contributed by atoms with Gasteiger partial charge in [0.2, 0.25) is 0 Å². The molecule has 0 spiro atoms. The zero-order valence-corrected chi connectivity index (χ0v) is 12.6. The van der Waals surface area contributed by atoms with Crippen LogP contribution in [0.1, 0.15) is 25.8 Å². The largest absolute Gasteiger partial charge is 0.388 e. The molecule has 1 heterocycles. The van der Waals surface area contributed by atoms with E-state index in [1.54, 1.807) is 11.3 Å². The molecule has 2 N–H and O–H groups in total. The van der Waals surface area contributed by atoms with Gasteiger partial charge in [0, 0.05) is 13.0 Å². The van der Waals surface area contributed by atoms with E-state index in [4.69, 9.17) is 0 Å². The molecule has 0 bridgehead atoms. The van der Waals surface area contributed by atoms with E-state index in [0.717, 1.165) is 17.1 Å². The van der Waals surface area contributed by atoms with E-state index in [1.807, 2.05) is 25.1 Å². The Kier molecular flexibility index (Phi) is 4.55. The molecular weight excluding hydrogens is 256 g/mol. The number of benzene rings is 1. The molecule has 2 aromatic rings. The summed E-state index contributed by atoms with van der Waals surface area (Å²) in [5, 5.41) is 14.7. The Morgan fingerprint density at radius 2 is 2.11 bits per heavy atom. The molecule has 4 heteroatoms. The lowest BCUT2D eigenvalue weighted by Gasteiger charge is -2.23. The molecule has 3 nitrogen and oxygen atoms in total. The summed E-state index contributed by atoms with van der Waals surface area (Å²) >= 11 is 1.67. The Balaban J connectivity index is 1.98. The highest BCUT2D eigenvalue weighted by atomic mass is 32.1. The van der Waals surface area contributed by atoms with Gasteiger partial charge in [-0.3, -0.25) is 0 Å². The van der Waals surface area contributed by atoms with Crippen LogP contribution in [0.25, 0.3) is 10.2 Å². The number of aromatic nitrogens is 1. The van der Waals surface area contributed by atoms with Crippen molar-refractivity contribution in [1.29, 1.82) is 0 Å². The number of thiazole rings is 1. The molecule has 1 unspecified atom stereocenters. The number of nitrogens with one attached hydrogen (secondary N) is 1. The van der Waals surface area contributed by atoms with Gasteiger partial charge in [-0.25, -0.2) is 4.98 Å². The van der Waals surface area contributed by atoms with Crippen LogP contribution >= 0.6 is 11.3 Å². The zero-order chi connectivity index (χ0) is 13.9. The van der Waals surface area contributed by atoms with Crippen molar-refractivity contribution in [2.75, 3.05) is 13.1 Å². The van der Waals surface area contributed by atoms with Crippen LogP contribution in [0.4, 0.5) is 0 Å². The first-order valence-electron chi connectivity index (χ1n) is 6.74. The summed E-state index contributed by atoms with van der Waals surface area (Å²) in [6, 6.07) is 8.10. The Morgan fingerprint density at radius 1 is 1.37 bits per heavy atom. The lowest BCUT2D eigenvalue weighted by Crippen LogP contribution is -2.40. The fourth-order valence-electron chi connectivity index (χ4n) is 2.01. The predicted octanol–water partition coefficient (Wildman–Crippen LogP) is 2.84. The summed E-state index contributed by atoms with van der Waals surface area (Å²) in [5.74, 6) is 0.596. The van der Waals surface area contributed by atoms with Gasteiger partial charge in [-0.15, -0.1) is 11.3 Å². The third-order valence-electron chi connectivity index (χ3n) is 2.93. The summed E-state index contributed by atoms with van der Waals surface area (Å²) in [6.07, 6.45) is 0.595. The van der Waals surface area contributed by atoms with Gasteiger partial charge in [-0.05, 0) is 31.5 Å². The molecule has 0 fully saturated rings. The number of fused-ring (bicyclic) bond motifs is 1. The van der Waals surface area contributed by atoms with Gasteiger partial charge in [-0.1, -0.05) is 26.0 Å². The first-order valence-corrected chi connectivity index (χ1v) is 7.55. The lowest BCUT2D eigenvalue weighted by atomic mass is 10.0. The highest BCUT2D eigenvalue weighted by Gasteiger charge is 2.22. The minimum atomic E-state index is -0.747. The van der Waals surface area contributed by atoms with Crippen molar-refractivity contribution < 1.29 is 5.11 Å². The van der Waals surface area contributed by atoms with E-state index in [0.29, 0.717) is 18.9 Å². The van der Waals surface area contributed by atoms with Gasteiger partial charge in [0.15, 0.2) is 0 Å². The van der Waals surface area contributed by atoms with Crippen LogP contribution in [-0.2, 0) is 6.42 Å². The number of aliphatic hydroxyl groups is 1. The van der Waals surface area contributed by atoms with E-state index in [2.05, 4.69) is 30.2 Å². The number of para-hydroxylation sites is 1. The normalized spacial score (nSPS) is 15.0.